The number of halogens is 3. The van der Waals surface area contributed by atoms with Gasteiger partial charge in [0.05, 0.1) is 10.5 Å². The molecule has 2 aromatic rings. The van der Waals surface area contributed by atoms with E-state index in [1.54, 1.807) is 0 Å². The number of hydrogen-bond acceptors (Lipinski definition) is 4. The van der Waals surface area contributed by atoms with Crippen LogP contribution in [0.3, 0.4) is 0 Å². The minimum absolute atomic E-state index is 0.0563. The van der Waals surface area contributed by atoms with Crippen molar-refractivity contribution in [1.82, 2.24) is 9.21 Å². The van der Waals surface area contributed by atoms with Crippen LogP contribution < -0.4 is 0 Å². The van der Waals surface area contributed by atoms with Gasteiger partial charge in [-0.25, -0.2) is 17.6 Å². The number of benzene rings is 2. The number of nitrogens with zero attached hydrogens (tertiary/aromatic N) is 2. The van der Waals surface area contributed by atoms with E-state index in [0.717, 1.165) is 24.0 Å². The maximum Gasteiger partial charge on any atom is 0.338 e. The molecule has 0 bridgehead atoms. The highest BCUT2D eigenvalue weighted by molar-refractivity contribution is 7.89. The summed E-state index contributed by atoms with van der Waals surface area (Å²) in [6, 6.07) is 7.00. The molecule has 166 valence electrons. The first-order chi connectivity index (χ1) is 14.6. The van der Waals surface area contributed by atoms with Crippen molar-refractivity contribution in [3.8, 4) is 0 Å². The molecule has 2 fully saturated rings. The summed E-state index contributed by atoms with van der Waals surface area (Å²) in [5, 5.41) is 9.72. The summed E-state index contributed by atoms with van der Waals surface area (Å²) in [5.41, 5.74) is 1.34. The largest absolute Gasteiger partial charge is 0.478 e. The average molecular weight is 487 g/mol. The Hall–Kier alpha value is -1.71. The fraction of sp³-hybridized carbons (Fsp3) is 0.381. The molecule has 1 saturated carbocycles. The van der Waals surface area contributed by atoms with Gasteiger partial charge in [0.25, 0.3) is 0 Å². The average Bonchev–Trinajstić information content (AvgIpc) is 3.52. The molecule has 0 radical (unpaired) electrons. The molecule has 0 atom stereocenters. The number of hydrogen-bond donors (Lipinski definition) is 1. The second-order valence-electron chi connectivity index (χ2n) is 7.90. The number of carbonyl (C=O) groups is 1. The Morgan fingerprint density at radius 1 is 1.03 bits per heavy atom. The number of aromatic carboxylic acids is 1. The summed E-state index contributed by atoms with van der Waals surface area (Å²) < 4.78 is 41.6. The first kappa shape index (κ1) is 22.5. The zero-order valence-electron chi connectivity index (χ0n) is 16.5. The van der Waals surface area contributed by atoms with Crippen molar-refractivity contribution in [2.75, 3.05) is 26.2 Å². The third-order valence-corrected chi connectivity index (χ3v) is 7.99. The van der Waals surface area contributed by atoms with Gasteiger partial charge >= 0.3 is 5.97 Å². The second-order valence-corrected chi connectivity index (χ2v) is 10.7. The molecule has 0 unspecified atom stereocenters. The lowest BCUT2D eigenvalue weighted by Crippen LogP contribution is -2.48. The minimum Gasteiger partial charge on any atom is -0.478 e. The summed E-state index contributed by atoms with van der Waals surface area (Å²) >= 11 is 11.9. The monoisotopic (exact) mass is 486 g/mol. The van der Waals surface area contributed by atoms with Crippen LogP contribution in [0.1, 0.15) is 40.2 Å². The van der Waals surface area contributed by atoms with Crippen molar-refractivity contribution in [3.63, 3.8) is 0 Å². The van der Waals surface area contributed by atoms with E-state index < -0.39 is 21.8 Å². The van der Waals surface area contributed by atoms with Crippen LogP contribution in [0.2, 0.25) is 10.0 Å². The van der Waals surface area contributed by atoms with Gasteiger partial charge in [-0.05, 0) is 60.2 Å². The molecule has 4 rings (SSSR count). The maximum atomic E-state index is 14.3. The molecular weight excluding hydrogens is 466 g/mol. The standard InChI is InChI=1S/C21H21Cl2FN2O4S/c22-15-8-16(23)10-17(9-15)31(29,30)26-5-3-25(4-6-26)12-14-7-20(24)19(21(27)28)11-18(14)13-1-2-13/h7-11,13H,1-6,12H2,(H,27,28). The molecule has 1 heterocycles. The fourth-order valence-corrected chi connectivity index (χ4v) is 6.05. The van der Waals surface area contributed by atoms with Gasteiger partial charge in [0.15, 0.2) is 0 Å². The predicted molar refractivity (Wildman–Crippen MR) is 116 cm³/mol. The van der Waals surface area contributed by atoms with Crippen LogP contribution in [0.25, 0.3) is 0 Å². The highest BCUT2D eigenvalue weighted by atomic mass is 35.5. The Balaban J connectivity index is 1.47. The van der Waals surface area contributed by atoms with Gasteiger partial charge in [0.2, 0.25) is 10.0 Å². The SMILES string of the molecule is O=C(O)c1cc(C2CC2)c(CN2CCN(S(=O)(=O)c3cc(Cl)cc(Cl)c3)CC2)cc1F. The van der Waals surface area contributed by atoms with E-state index in [4.69, 9.17) is 23.2 Å². The van der Waals surface area contributed by atoms with Crippen LogP contribution >= 0.6 is 23.2 Å². The molecule has 0 spiro atoms. The van der Waals surface area contributed by atoms with Crippen LogP contribution in [0.4, 0.5) is 4.39 Å². The Bertz CT molecular complexity index is 1110. The van der Waals surface area contributed by atoms with Crippen LogP contribution in [0, 0.1) is 5.82 Å². The van der Waals surface area contributed by atoms with E-state index in [2.05, 4.69) is 4.90 Å². The number of rotatable bonds is 6. The third kappa shape index (κ3) is 4.88. The van der Waals surface area contributed by atoms with Gasteiger partial charge in [-0.3, -0.25) is 4.90 Å². The van der Waals surface area contributed by atoms with Gasteiger partial charge < -0.3 is 5.11 Å². The van der Waals surface area contributed by atoms with E-state index in [1.165, 1.54) is 34.6 Å². The first-order valence-electron chi connectivity index (χ1n) is 9.89. The van der Waals surface area contributed by atoms with Gasteiger partial charge in [0, 0.05) is 42.8 Å². The Morgan fingerprint density at radius 2 is 1.65 bits per heavy atom. The zero-order valence-corrected chi connectivity index (χ0v) is 18.9. The molecule has 2 aliphatic rings. The molecule has 1 N–H and O–H groups in total. The van der Waals surface area contributed by atoms with Crippen LogP contribution in [0.15, 0.2) is 35.2 Å². The van der Waals surface area contributed by atoms with E-state index in [0.29, 0.717) is 19.6 Å². The molecule has 0 amide bonds. The van der Waals surface area contributed by atoms with Crippen LogP contribution in [0.5, 0.6) is 0 Å². The Kier molecular flexibility index (Phi) is 6.29. The quantitative estimate of drug-likeness (QED) is 0.661. The van der Waals surface area contributed by atoms with Crippen molar-refractivity contribution in [1.29, 1.82) is 0 Å². The van der Waals surface area contributed by atoms with Crippen LogP contribution in [-0.2, 0) is 16.6 Å². The predicted octanol–water partition coefficient (Wildman–Crippen LogP) is 4.21. The van der Waals surface area contributed by atoms with Gasteiger partial charge in [0.1, 0.15) is 5.82 Å². The van der Waals surface area contributed by atoms with Gasteiger partial charge in [-0.1, -0.05) is 23.2 Å². The number of sulfonamides is 1. The Labute approximate surface area is 190 Å². The summed E-state index contributed by atoms with van der Waals surface area (Å²) in [7, 11) is -3.72. The van der Waals surface area contributed by atoms with E-state index in [-0.39, 0.29) is 39.5 Å². The summed E-state index contributed by atoms with van der Waals surface area (Å²) in [4.78, 5) is 13.4. The van der Waals surface area contributed by atoms with E-state index >= 15 is 0 Å². The third-order valence-electron chi connectivity index (χ3n) is 5.68. The summed E-state index contributed by atoms with van der Waals surface area (Å²) in [6.07, 6.45) is 1.93. The Morgan fingerprint density at radius 3 is 2.19 bits per heavy atom. The van der Waals surface area contributed by atoms with Crippen molar-refractivity contribution in [2.24, 2.45) is 0 Å². The highest BCUT2D eigenvalue weighted by Gasteiger charge is 2.32. The lowest BCUT2D eigenvalue weighted by Gasteiger charge is -2.34. The van der Waals surface area contributed by atoms with Crippen molar-refractivity contribution < 1.29 is 22.7 Å². The highest BCUT2D eigenvalue weighted by Crippen LogP contribution is 2.42. The van der Waals surface area contributed by atoms with Crippen molar-refractivity contribution in [3.05, 3.63) is 62.9 Å². The molecule has 10 heteroatoms. The topological polar surface area (TPSA) is 77.9 Å². The normalized spacial score (nSPS) is 18.3. The lowest BCUT2D eigenvalue weighted by molar-refractivity contribution is 0.0691. The number of carboxylic acid groups (broad SMARTS) is 1. The molecule has 31 heavy (non-hydrogen) atoms. The molecule has 6 nitrogen and oxygen atoms in total. The van der Waals surface area contributed by atoms with E-state index in [1.807, 2.05) is 0 Å². The molecular formula is C21H21Cl2FN2O4S. The number of piperazine rings is 1. The minimum atomic E-state index is -3.72. The molecule has 1 saturated heterocycles. The fourth-order valence-electron chi connectivity index (χ4n) is 3.90. The molecule has 2 aromatic carbocycles. The smallest absolute Gasteiger partial charge is 0.338 e. The van der Waals surface area contributed by atoms with Gasteiger partial charge in [-0.2, -0.15) is 4.31 Å². The number of carboxylic acids is 1. The summed E-state index contributed by atoms with van der Waals surface area (Å²) in [5.74, 6) is -1.75. The molecule has 1 aliphatic heterocycles. The maximum absolute atomic E-state index is 14.3. The van der Waals surface area contributed by atoms with Gasteiger partial charge in [-0.15, -0.1) is 0 Å². The molecule has 1 aliphatic carbocycles. The van der Waals surface area contributed by atoms with Crippen LogP contribution in [-0.4, -0.2) is 54.9 Å². The first-order valence-corrected chi connectivity index (χ1v) is 12.1. The zero-order chi connectivity index (χ0) is 22.3. The van der Waals surface area contributed by atoms with E-state index in [9.17, 15) is 22.7 Å². The van der Waals surface area contributed by atoms with Crippen molar-refractivity contribution in [2.45, 2.75) is 30.2 Å². The second kappa shape index (κ2) is 8.67. The van der Waals surface area contributed by atoms with Crippen molar-refractivity contribution >= 4 is 39.2 Å². The lowest BCUT2D eigenvalue weighted by atomic mass is 9.98. The summed E-state index contributed by atoms with van der Waals surface area (Å²) in [6.45, 7) is 1.95. The molecule has 0 aromatic heterocycles.